The molecule has 0 saturated carbocycles. The van der Waals surface area contributed by atoms with E-state index in [-0.39, 0.29) is 11.3 Å². The third kappa shape index (κ3) is 1.58. The highest BCUT2D eigenvalue weighted by Crippen LogP contribution is 2.58. The van der Waals surface area contributed by atoms with Crippen molar-refractivity contribution in [2.45, 2.75) is 23.8 Å². The van der Waals surface area contributed by atoms with E-state index in [1.54, 1.807) is 0 Å². The second-order valence-electron chi connectivity index (χ2n) is 7.23. The van der Waals surface area contributed by atoms with Gasteiger partial charge in [-0.05, 0) is 17.7 Å². The van der Waals surface area contributed by atoms with Crippen LogP contribution in [0.2, 0.25) is 0 Å². The van der Waals surface area contributed by atoms with Gasteiger partial charge in [-0.2, -0.15) is 14.8 Å². The van der Waals surface area contributed by atoms with Gasteiger partial charge in [-0.3, -0.25) is 10.2 Å². The predicted octanol–water partition coefficient (Wildman–Crippen LogP) is 2.84. The molecule has 3 aromatic heterocycles. The maximum absolute atomic E-state index is 4.28. The Bertz CT molecular complexity index is 1000. The number of aromatic amines is 2. The van der Waals surface area contributed by atoms with Gasteiger partial charge in [-0.15, -0.1) is 0 Å². The molecule has 2 N–H and O–H groups in total. The molecule has 2 bridgehead atoms. The summed E-state index contributed by atoms with van der Waals surface area (Å²) in [7, 11) is 0. The molecular weight excluding hydrogens is 322 g/mol. The summed E-state index contributed by atoms with van der Waals surface area (Å²) in [4.78, 5) is 0. The monoisotopic (exact) mass is 340 g/mol. The Morgan fingerprint density at radius 3 is 2.23 bits per heavy atom. The van der Waals surface area contributed by atoms with E-state index in [4.69, 9.17) is 0 Å². The fourth-order valence-electron chi connectivity index (χ4n) is 5.22. The molecule has 0 fully saturated rings. The first-order valence-electron chi connectivity index (χ1n) is 8.98. The van der Waals surface area contributed by atoms with Crippen LogP contribution in [0, 0.1) is 0 Å². The number of H-pyrrole nitrogens is 2. The summed E-state index contributed by atoms with van der Waals surface area (Å²) in [6.07, 6.45) is 6.88. The SMILES string of the molecule is c1ccc2c(c1)[C@H]1c3cccc[n+]3[C@@H]2CC1(c1ccn[nH]1)c1ccn[nH]1. The normalized spacial score (nSPS) is 22.0. The zero-order valence-corrected chi connectivity index (χ0v) is 14.1. The molecule has 1 aliphatic carbocycles. The summed E-state index contributed by atoms with van der Waals surface area (Å²) < 4.78 is 2.44. The average Bonchev–Trinajstić information content (AvgIpc) is 3.42. The zero-order valence-electron chi connectivity index (χ0n) is 14.1. The summed E-state index contributed by atoms with van der Waals surface area (Å²) >= 11 is 0. The van der Waals surface area contributed by atoms with Crippen molar-refractivity contribution < 1.29 is 4.57 Å². The maximum atomic E-state index is 4.28. The van der Waals surface area contributed by atoms with Gasteiger partial charge in [0.15, 0.2) is 17.9 Å². The Labute approximate surface area is 150 Å². The average molecular weight is 340 g/mol. The van der Waals surface area contributed by atoms with Crippen LogP contribution in [0.3, 0.4) is 0 Å². The minimum atomic E-state index is -0.229. The van der Waals surface area contributed by atoms with Crippen molar-refractivity contribution in [3.05, 3.63) is 101 Å². The third-order valence-corrected chi connectivity index (χ3v) is 6.19. The molecule has 26 heavy (non-hydrogen) atoms. The number of aromatic nitrogens is 5. The topological polar surface area (TPSA) is 61.2 Å². The lowest BCUT2D eigenvalue weighted by molar-refractivity contribution is -0.732. The number of pyridine rings is 1. The Kier molecular flexibility index (Phi) is 2.65. The molecular formula is C21H18N5+. The van der Waals surface area contributed by atoms with Crippen molar-refractivity contribution >= 4 is 0 Å². The molecule has 126 valence electrons. The largest absolute Gasteiger partial charge is 0.282 e. The molecule has 0 saturated heterocycles. The van der Waals surface area contributed by atoms with Gasteiger partial charge in [0.05, 0.1) is 11.3 Å². The van der Waals surface area contributed by atoms with Crippen LogP contribution in [0.1, 0.15) is 46.6 Å². The van der Waals surface area contributed by atoms with Gasteiger partial charge in [-0.25, -0.2) is 0 Å². The minimum absolute atomic E-state index is 0.200. The number of fused-ring (bicyclic) bond motifs is 1. The van der Waals surface area contributed by atoms with Crippen LogP contribution in [-0.4, -0.2) is 20.4 Å². The second kappa shape index (κ2) is 4.91. The predicted molar refractivity (Wildman–Crippen MR) is 95.6 cm³/mol. The lowest BCUT2D eigenvalue weighted by atomic mass is 9.56. The maximum Gasteiger partial charge on any atom is 0.190 e. The van der Waals surface area contributed by atoms with Crippen molar-refractivity contribution in [1.29, 1.82) is 0 Å². The smallest absolute Gasteiger partial charge is 0.190 e. The highest BCUT2D eigenvalue weighted by atomic mass is 15.2. The Morgan fingerprint density at radius 2 is 1.54 bits per heavy atom. The quantitative estimate of drug-likeness (QED) is 0.551. The summed E-state index contributed by atoms with van der Waals surface area (Å²) in [5.41, 5.74) is 6.22. The Hall–Kier alpha value is -3.21. The Morgan fingerprint density at radius 1 is 0.846 bits per heavy atom. The fraction of sp³-hybridized carbons (Fsp3) is 0.190. The van der Waals surface area contributed by atoms with E-state index in [0.717, 1.165) is 17.8 Å². The number of nitrogens with zero attached hydrogens (tertiary/aromatic N) is 3. The van der Waals surface area contributed by atoms with Crippen molar-refractivity contribution in [2.24, 2.45) is 0 Å². The van der Waals surface area contributed by atoms with Crippen LogP contribution < -0.4 is 4.57 Å². The molecule has 4 aromatic rings. The summed E-state index contributed by atoms with van der Waals surface area (Å²) in [5.74, 6) is 0.200. The molecule has 1 aromatic carbocycles. The van der Waals surface area contributed by atoms with Gasteiger partial charge in [0.25, 0.3) is 0 Å². The first-order valence-corrected chi connectivity index (χ1v) is 8.98. The van der Waals surface area contributed by atoms with Gasteiger partial charge in [-0.1, -0.05) is 30.3 Å². The minimum Gasteiger partial charge on any atom is -0.282 e. The van der Waals surface area contributed by atoms with E-state index in [0.29, 0.717) is 6.04 Å². The highest BCUT2D eigenvalue weighted by molar-refractivity contribution is 5.51. The molecule has 7 rings (SSSR count). The zero-order chi connectivity index (χ0) is 17.1. The van der Waals surface area contributed by atoms with Crippen molar-refractivity contribution in [3.63, 3.8) is 0 Å². The van der Waals surface area contributed by atoms with Crippen molar-refractivity contribution in [2.75, 3.05) is 0 Å². The van der Waals surface area contributed by atoms with Crippen LogP contribution in [0.15, 0.2) is 73.2 Å². The van der Waals surface area contributed by atoms with E-state index in [2.05, 4.69) is 85.8 Å². The molecule has 0 spiro atoms. The number of benzene rings is 1. The fourth-order valence-corrected chi connectivity index (χ4v) is 5.22. The lowest BCUT2D eigenvalue weighted by Crippen LogP contribution is -2.60. The molecule has 0 amide bonds. The second-order valence-corrected chi connectivity index (χ2v) is 7.23. The molecule has 3 aliphatic rings. The molecule has 2 atom stereocenters. The molecule has 2 aliphatic heterocycles. The molecule has 5 nitrogen and oxygen atoms in total. The van der Waals surface area contributed by atoms with E-state index >= 15 is 0 Å². The van der Waals surface area contributed by atoms with Crippen LogP contribution >= 0.6 is 0 Å². The number of hydrogen-bond donors (Lipinski definition) is 2. The van der Waals surface area contributed by atoms with E-state index in [1.165, 1.54) is 16.8 Å². The first-order chi connectivity index (χ1) is 12.9. The molecule has 0 unspecified atom stereocenters. The highest BCUT2D eigenvalue weighted by Gasteiger charge is 2.60. The van der Waals surface area contributed by atoms with Gasteiger partial charge < -0.3 is 0 Å². The van der Waals surface area contributed by atoms with E-state index in [9.17, 15) is 0 Å². The molecule has 5 heteroatoms. The number of rotatable bonds is 2. The van der Waals surface area contributed by atoms with Crippen LogP contribution in [0.4, 0.5) is 0 Å². The third-order valence-electron chi connectivity index (χ3n) is 6.19. The van der Waals surface area contributed by atoms with Gasteiger partial charge >= 0.3 is 0 Å². The molecule has 5 heterocycles. The van der Waals surface area contributed by atoms with Gasteiger partial charge in [0, 0.05) is 47.9 Å². The number of hydrogen-bond acceptors (Lipinski definition) is 2. The first kappa shape index (κ1) is 14.0. The van der Waals surface area contributed by atoms with Crippen LogP contribution in [0.5, 0.6) is 0 Å². The van der Waals surface area contributed by atoms with Crippen molar-refractivity contribution in [3.8, 4) is 0 Å². The van der Waals surface area contributed by atoms with Gasteiger partial charge in [0.1, 0.15) is 0 Å². The summed E-state index contributed by atoms with van der Waals surface area (Å²) in [6, 6.07) is 19.9. The standard InChI is InChI=1S/C21H18N5/c1-2-6-15-14(5-1)17-13-21(18-8-10-22-24-18,19-9-11-23-25-19)20(15)16-7-3-4-12-26(16)17/h1-12,17,20H,13H2,(H,22,24)(H,23,25)/q+1/t17-,20+/m1/s1. The Balaban J connectivity index is 1.73. The van der Waals surface area contributed by atoms with Crippen LogP contribution in [-0.2, 0) is 5.41 Å². The van der Waals surface area contributed by atoms with E-state index < -0.39 is 0 Å². The number of nitrogens with one attached hydrogen (secondary N) is 2. The van der Waals surface area contributed by atoms with Gasteiger partial charge in [0.2, 0.25) is 0 Å². The lowest BCUT2D eigenvalue weighted by Gasteiger charge is -2.48. The van der Waals surface area contributed by atoms with Crippen molar-refractivity contribution in [1.82, 2.24) is 20.4 Å². The molecule has 0 radical (unpaired) electrons. The van der Waals surface area contributed by atoms with Crippen LogP contribution in [0.25, 0.3) is 0 Å². The summed E-state index contributed by atoms with van der Waals surface area (Å²) in [5, 5.41) is 15.1. The summed E-state index contributed by atoms with van der Waals surface area (Å²) in [6.45, 7) is 0. The van der Waals surface area contributed by atoms with E-state index in [1.807, 2.05) is 12.4 Å².